The molecule has 0 aliphatic carbocycles. The zero-order valence-corrected chi connectivity index (χ0v) is 15.8. The fraction of sp³-hybridized carbons (Fsp3) is 0.667. The van der Waals surface area contributed by atoms with E-state index in [4.69, 9.17) is 10.5 Å². The number of nitrogens with two attached hydrogens (primary N) is 1. The number of hydrogen-bond acceptors (Lipinski definition) is 4. The number of benzene rings is 1. The smallest absolute Gasteiger partial charge is 0.222 e. The highest BCUT2D eigenvalue weighted by Crippen LogP contribution is 2.23. The number of aliphatic hydroxyl groups is 1. The van der Waals surface area contributed by atoms with Crippen molar-refractivity contribution in [1.82, 2.24) is 4.90 Å². The molecule has 0 bridgehead atoms. The number of piperidine rings is 1. The van der Waals surface area contributed by atoms with E-state index in [0.29, 0.717) is 32.6 Å². The van der Waals surface area contributed by atoms with Crippen LogP contribution >= 0.6 is 0 Å². The third-order valence-electron chi connectivity index (χ3n) is 5.04. The monoisotopic (exact) mass is 362 g/mol. The van der Waals surface area contributed by atoms with Crippen molar-refractivity contribution in [1.29, 1.82) is 0 Å². The van der Waals surface area contributed by atoms with Crippen LogP contribution in [0.2, 0.25) is 0 Å². The molecule has 2 atom stereocenters. The Bertz CT molecular complexity index is 509. The topological polar surface area (TPSA) is 75.8 Å². The summed E-state index contributed by atoms with van der Waals surface area (Å²) in [7, 11) is 0. The molecule has 3 N–H and O–H groups in total. The van der Waals surface area contributed by atoms with Crippen LogP contribution in [-0.4, -0.2) is 54.4 Å². The molecule has 0 spiro atoms. The Labute approximate surface area is 157 Å². The first-order chi connectivity index (χ1) is 12.7. The van der Waals surface area contributed by atoms with Crippen molar-refractivity contribution in [3.8, 4) is 0 Å². The van der Waals surface area contributed by atoms with Crippen LogP contribution in [0, 0.1) is 0 Å². The van der Waals surface area contributed by atoms with Crippen LogP contribution < -0.4 is 5.73 Å². The molecule has 5 heteroatoms. The number of ether oxygens (including phenoxy) is 1. The van der Waals surface area contributed by atoms with Gasteiger partial charge in [-0.2, -0.15) is 0 Å². The fourth-order valence-electron chi connectivity index (χ4n) is 3.64. The van der Waals surface area contributed by atoms with Gasteiger partial charge in [0.1, 0.15) is 0 Å². The van der Waals surface area contributed by atoms with Gasteiger partial charge in [-0.05, 0) is 50.5 Å². The Hall–Kier alpha value is -1.43. The minimum absolute atomic E-state index is 0.265. The first kappa shape index (κ1) is 20.9. The number of carbonyl (C=O) groups excluding carboxylic acids is 1. The number of unbranched alkanes of at least 4 members (excludes halogenated alkanes) is 1. The van der Waals surface area contributed by atoms with E-state index in [1.165, 1.54) is 0 Å². The number of hydrogen-bond donors (Lipinski definition) is 2. The molecule has 1 amide bonds. The Kier molecular flexibility index (Phi) is 9.67. The molecule has 1 unspecified atom stereocenters. The van der Waals surface area contributed by atoms with E-state index in [0.717, 1.165) is 50.6 Å². The molecular formula is C21H34N2O3. The van der Waals surface area contributed by atoms with Crippen LogP contribution in [0.5, 0.6) is 0 Å². The van der Waals surface area contributed by atoms with Crippen molar-refractivity contribution in [2.45, 2.75) is 63.5 Å². The van der Waals surface area contributed by atoms with Gasteiger partial charge in [0.2, 0.25) is 5.91 Å². The SMILES string of the molecule is NCCOCCCCN1C(=O)CCC[C@@H]1CCC(O)Cc1ccccc1. The summed E-state index contributed by atoms with van der Waals surface area (Å²) in [5, 5.41) is 10.4. The molecule has 26 heavy (non-hydrogen) atoms. The molecule has 0 radical (unpaired) electrons. The lowest BCUT2D eigenvalue weighted by molar-refractivity contribution is -0.136. The summed E-state index contributed by atoms with van der Waals surface area (Å²) in [6.45, 7) is 2.66. The summed E-state index contributed by atoms with van der Waals surface area (Å²) in [4.78, 5) is 14.4. The van der Waals surface area contributed by atoms with Gasteiger partial charge in [-0.15, -0.1) is 0 Å². The van der Waals surface area contributed by atoms with Gasteiger partial charge in [-0.25, -0.2) is 0 Å². The molecule has 146 valence electrons. The van der Waals surface area contributed by atoms with E-state index in [9.17, 15) is 9.90 Å². The van der Waals surface area contributed by atoms with Crippen LogP contribution in [0.15, 0.2) is 30.3 Å². The Morgan fingerprint density at radius 1 is 1.23 bits per heavy atom. The standard InChI is InChI=1S/C21H34N2O3/c22-13-16-26-15-5-4-14-23-19(9-6-10-21(23)25)11-12-20(24)17-18-7-2-1-3-8-18/h1-3,7-8,19-20,24H,4-6,9-17,22H2/t19-,20?/m1/s1. The molecule has 5 nitrogen and oxygen atoms in total. The Morgan fingerprint density at radius 3 is 2.81 bits per heavy atom. The highest BCUT2D eigenvalue weighted by molar-refractivity contribution is 5.77. The third kappa shape index (κ3) is 7.44. The second kappa shape index (κ2) is 12.0. The van der Waals surface area contributed by atoms with Gasteiger partial charge in [0.05, 0.1) is 12.7 Å². The fourth-order valence-corrected chi connectivity index (χ4v) is 3.64. The number of carbonyl (C=O) groups is 1. The lowest BCUT2D eigenvalue weighted by Gasteiger charge is -2.36. The largest absolute Gasteiger partial charge is 0.393 e. The number of amides is 1. The predicted octanol–water partition coefficient (Wildman–Crippen LogP) is 2.51. The van der Waals surface area contributed by atoms with Crippen LogP contribution in [0.4, 0.5) is 0 Å². The molecule has 0 saturated carbocycles. The molecular weight excluding hydrogens is 328 g/mol. The summed E-state index contributed by atoms with van der Waals surface area (Å²) >= 11 is 0. The van der Waals surface area contributed by atoms with E-state index >= 15 is 0 Å². The second-order valence-electron chi connectivity index (χ2n) is 7.16. The van der Waals surface area contributed by atoms with Gasteiger partial charge in [-0.3, -0.25) is 4.79 Å². The zero-order chi connectivity index (χ0) is 18.6. The molecule has 0 aromatic heterocycles. The summed E-state index contributed by atoms with van der Waals surface area (Å²) in [5.41, 5.74) is 6.57. The molecule has 1 aliphatic rings. The van der Waals surface area contributed by atoms with E-state index < -0.39 is 0 Å². The number of aliphatic hydroxyl groups excluding tert-OH is 1. The minimum atomic E-state index is -0.346. The first-order valence-corrected chi connectivity index (χ1v) is 10.00. The van der Waals surface area contributed by atoms with E-state index in [2.05, 4.69) is 0 Å². The normalized spacial score (nSPS) is 18.9. The van der Waals surface area contributed by atoms with E-state index in [1.807, 2.05) is 35.2 Å². The van der Waals surface area contributed by atoms with Gasteiger partial charge in [0.25, 0.3) is 0 Å². The number of nitrogens with zero attached hydrogens (tertiary/aromatic N) is 1. The Balaban J connectivity index is 1.73. The summed E-state index contributed by atoms with van der Waals surface area (Å²) in [6, 6.07) is 10.4. The maximum atomic E-state index is 12.3. The van der Waals surface area contributed by atoms with Crippen molar-refractivity contribution < 1.29 is 14.6 Å². The highest BCUT2D eigenvalue weighted by Gasteiger charge is 2.27. The van der Waals surface area contributed by atoms with Crippen LogP contribution in [-0.2, 0) is 16.0 Å². The van der Waals surface area contributed by atoms with Crippen molar-refractivity contribution in [2.75, 3.05) is 26.3 Å². The average molecular weight is 363 g/mol. The maximum absolute atomic E-state index is 12.3. The van der Waals surface area contributed by atoms with Gasteiger partial charge in [-0.1, -0.05) is 30.3 Å². The molecule has 1 saturated heterocycles. The highest BCUT2D eigenvalue weighted by atomic mass is 16.5. The third-order valence-corrected chi connectivity index (χ3v) is 5.04. The summed E-state index contributed by atoms with van der Waals surface area (Å²) in [5.74, 6) is 0.265. The van der Waals surface area contributed by atoms with E-state index in [1.54, 1.807) is 0 Å². The summed E-state index contributed by atoms with van der Waals surface area (Å²) in [6.07, 6.45) is 6.54. The van der Waals surface area contributed by atoms with Crippen molar-refractivity contribution in [2.24, 2.45) is 5.73 Å². The van der Waals surface area contributed by atoms with Gasteiger partial charge in [0, 0.05) is 32.2 Å². The molecule has 1 aromatic carbocycles. The predicted molar refractivity (Wildman–Crippen MR) is 104 cm³/mol. The summed E-state index contributed by atoms with van der Waals surface area (Å²) < 4.78 is 5.40. The number of likely N-dealkylation sites (tertiary alicyclic amines) is 1. The van der Waals surface area contributed by atoms with Crippen LogP contribution in [0.1, 0.15) is 50.5 Å². The van der Waals surface area contributed by atoms with Gasteiger partial charge in [0.15, 0.2) is 0 Å². The lowest BCUT2D eigenvalue weighted by atomic mass is 9.94. The molecule has 2 rings (SSSR count). The van der Waals surface area contributed by atoms with Crippen LogP contribution in [0.3, 0.4) is 0 Å². The van der Waals surface area contributed by atoms with E-state index in [-0.39, 0.29) is 18.1 Å². The van der Waals surface area contributed by atoms with Gasteiger partial charge >= 0.3 is 0 Å². The molecule has 1 aliphatic heterocycles. The first-order valence-electron chi connectivity index (χ1n) is 10.00. The number of rotatable bonds is 12. The molecule has 1 heterocycles. The average Bonchev–Trinajstić information content (AvgIpc) is 2.65. The van der Waals surface area contributed by atoms with Crippen LogP contribution in [0.25, 0.3) is 0 Å². The van der Waals surface area contributed by atoms with Crippen molar-refractivity contribution in [3.63, 3.8) is 0 Å². The molecule has 1 fully saturated rings. The minimum Gasteiger partial charge on any atom is -0.393 e. The quantitative estimate of drug-likeness (QED) is 0.560. The second-order valence-corrected chi connectivity index (χ2v) is 7.16. The lowest BCUT2D eigenvalue weighted by Crippen LogP contribution is -2.44. The zero-order valence-electron chi connectivity index (χ0n) is 15.8. The Morgan fingerprint density at radius 2 is 2.04 bits per heavy atom. The van der Waals surface area contributed by atoms with Gasteiger partial charge < -0.3 is 20.5 Å². The van der Waals surface area contributed by atoms with Crippen molar-refractivity contribution in [3.05, 3.63) is 35.9 Å². The maximum Gasteiger partial charge on any atom is 0.222 e. The van der Waals surface area contributed by atoms with Crippen molar-refractivity contribution >= 4 is 5.91 Å². The molecule has 1 aromatic rings.